The number of hydrogen-bond acceptors (Lipinski definition) is 5. The summed E-state index contributed by atoms with van der Waals surface area (Å²) in [5.41, 5.74) is -0.898. The summed E-state index contributed by atoms with van der Waals surface area (Å²) in [5.74, 6) is -1.70. The third kappa shape index (κ3) is 5.11. The molecule has 2 N–H and O–H groups in total. The van der Waals surface area contributed by atoms with E-state index in [0.717, 1.165) is 12.1 Å². The van der Waals surface area contributed by atoms with E-state index in [1.54, 1.807) is 27.7 Å². The topological polar surface area (TPSA) is 118 Å². The molecule has 2 aromatic carbocycles. The fourth-order valence-electron chi connectivity index (χ4n) is 2.40. The van der Waals surface area contributed by atoms with Crippen LogP contribution >= 0.6 is 0 Å². The van der Waals surface area contributed by atoms with Crippen LogP contribution in [0.3, 0.4) is 0 Å². The van der Waals surface area contributed by atoms with Crippen molar-refractivity contribution in [3.63, 3.8) is 0 Å². The molecular formula is C18H20FN3O5S. The fourth-order valence-corrected chi connectivity index (χ4v) is 3.85. The number of nitrogens with zero attached hydrogens (tertiary/aromatic N) is 1. The molecule has 0 spiro atoms. The van der Waals surface area contributed by atoms with Gasteiger partial charge in [-0.05, 0) is 57.5 Å². The number of aryl methyl sites for hydroxylation is 1. The van der Waals surface area contributed by atoms with E-state index in [-0.39, 0.29) is 16.1 Å². The lowest BCUT2D eigenvalue weighted by atomic mass is 10.1. The number of nitro benzene ring substituents is 1. The standard InChI is InChI=1S/C18H20FN3O5S/c1-11-5-7-13(28(26,27)21-18(2,3)4)10-14(11)17(23)20-12-6-8-15(19)16(9-12)22(24)25/h5-10,21H,1-4H3,(H,20,23). The van der Waals surface area contributed by atoms with Crippen LogP contribution in [0.2, 0.25) is 0 Å². The molecule has 8 nitrogen and oxygen atoms in total. The Morgan fingerprint density at radius 1 is 1.14 bits per heavy atom. The Morgan fingerprint density at radius 3 is 2.36 bits per heavy atom. The summed E-state index contributed by atoms with van der Waals surface area (Å²) in [7, 11) is -3.86. The normalized spacial score (nSPS) is 11.9. The molecule has 28 heavy (non-hydrogen) atoms. The van der Waals surface area contributed by atoms with Gasteiger partial charge in [0.2, 0.25) is 15.8 Å². The van der Waals surface area contributed by atoms with Crippen molar-refractivity contribution in [3.05, 3.63) is 63.5 Å². The van der Waals surface area contributed by atoms with Crippen molar-refractivity contribution in [1.82, 2.24) is 4.72 Å². The monoisotopic (exact) mass is 409 g/mol. The van der Waals surface area contributed by atoms with E-state index >= 15 is 0 Å². The van der Waals surface area contributed by atoms with Gasteiger partial charge in [0.1, 0.15) is 0 Å². The SMILES string of the molecule is Cc1ccc(S(=O)(=O)NC(C)(C)C)cc1C(=O)Nc1ccc(F)c([N+](=O)[O-])c1. The number of carbonyl (C=O) groups is 1. The second kappa shape index (κ2) is 7.64. The lowest BCUT2D eigenvalue weighted by Gasteiger charge is -2.20. The number of nitrogens with one attached hydrogen (secondary N) is 2. The lowest BCUT2D eigenvalue weighted by Crippen LogP contribution is -2.40. The van der Waals surface area contributed by atoms with E-state index in [4.69, 9.17) is 0 Å². The Hall–Kier alpha value is -2.85. The van der Waals surface area contributed by atoms with Gasteiger partial charge in [-0.2, -0.15) is 4.39 Å². The summed E-state index contributed by atoms with van der Waals surface area (Å²) < 4.78 is 40.9. The molecule has 0 radical (unpaired) electrons. The highest BCUT2D eigenvalue weighted by atomic mass is 32.2. The van der Waals surface area contributed by atoms with Crippen molar-refractivity contribution in [2.75, 3.05) is 5.32 Å². The number of anilines is 1. The molecule has 0 unspecified atom stereocenters. The molecule has 0 atom stereocenters. The minimum absolute atomic E-state index is 0.0126. The predicted octanol–water partition coefficient (Wildman–Crippen LogP) is 3.37. The molecule has 0 aliphatic rings. The first-order chi connectivity index (χ1) is 12.8. The van der Waals surface area contributed by atoms with Crippen LogP contribution < -0.4 is 10.0 Å². The maximum absolute atomic E-state index is 13.4. The van der Waals surface area contributed by atoms with E-state index in [9.17, 15) is 27.7 Å². The molecule has 0 aromatic heterocycles. The quantitative estimate of drug-likeness (QED) is 0.580. The molecule has 2 aromatic rings. The van der Waals surface area contributed by atoms with E-state index in [2.05, 4.69) is 10.0 Å². The molecule has 0 saturated heterocycles. The van der Waals surface area contributed by atoms with Crippen molar-refractivity contribution in [2.24, 2.45) is 0 Å². The van der Waals surface area contributed by atoms with Crippen LogP contribution in [0.25, 0.3) is 0 Å². The molecule has 0 bridgehead atoms. The minimum atomic E-state index is -3.86. The lowest BCUT2D eigenvalue weighted by molar-refractivity contribution is -0.387. The molecular weight excluding hydrogens is 389 g/mol. The van der Waals surface area contributed by atoms with Crippen LogP contribution in [0.5, 0.6) is 0 Å². The van der Waals surface area contributed by atoms with Crippen LogP contribution in [0, 0.1) is 22.9 Å². The van der Waals surface area contributed by atoms with Crippen molar-refractivity contribution in [3.8, 4) is 0 Å². The van der Waals surface area contributed by atoms with Gasteiger partial charge in [-0.15, -0.1) is 0 Å². The number of carbonyl (C=O) groups excluding carboxylic acids is 1. The highest BCUT2D eigenvalue weighted by Crippen LogP contribution is 2.23. The molecule has 0 fully saturated rings. The molecule has 0 aliphatic heterocycles. The number of hydrogen-bond donors (Lipinski definition) is 2. The third-order valence-corrected chi connectivity index (χ3v) is 5.36. The number of nitro groups is 1. The predicted molar refractivity (Wildman–Crippen MR) is 102 cm³/mol. The highest BCUT2D eigenvalue weighted by Gasteiger charge is 2.24. The average molecular weight is 409 g/mol. The first-order valence-corrected chi connectivity index (χ1v) is 9.68. The maximum atomic E-state index is 13.4. The molecule has 150 valence electrons. The minimum Gasteiger partial charge on any atom is -0.322 e. The van der Waals surface area contributed by atoms with Gasteiger partial charge < -0.3 is 5.32 Å². The van der Waals surface area contributed by atoms with Crippen LogP contribution in [0.15, 0.2) is 41.3 Å². The molecule has 10 heteroatoms. The van der Waals surface area contributed by atoms with Gasteiger partial charge >= 0.3 is 5.69 Å². The Bertz CT molecular complexity index is 1050. The summed E-state index contributed by atoms with van der Waals surface area (Å²) in [4.78, 5) is 22.4. The molecule has 1 amide bonds. The zero-order chi connectivity index (χ0) is 21.3. The van der Waals surface area contributed by atoms with E-state index in [1.165, 1.54) is 24.3 Å². The third-order valence-electron chi connectivity index (χ3n) is 3.61. The van der Waals surface area contributed by atoms with Gasteiger partial charge in [-0.25, -0.2) is 13.1 Å². The summed E-state index contributed by atoms with van der Waals surface area (Å²) in [6, 6.07) is 7.02. The number of sulfonamides is 1. The molecule has 0 saturated carbocycles. The van der Waals surface area contributed by atoms with Gasteiger partial charge in [0, 0.05) is 22.9 Å². The summed E-state index contributed by atoms with van der Waals surface area (Å²) in [6.07, 6.45) is 0. The van der Waals surface area contributed by atoms with E-state index < -0.39 is 37.9 Å². The molecule has 2 rings (SSSR count). The number of amides is 1. The van der Waals surface area contributed by atoms with Gasteiger partial charge in [-0.1, -0.05) is 6.07 Å². The first kappa shape index (κ1) is 21.5. The zero-order valence-corrected chi connectivity index (χ0v) is 16.6. The largest absolute Gasteiger partial charge is 0.322 e. The van der Waals surface area contributed by atoms with E-state index in [1.807, 2.05) is 0 Å². The Balaban J connectivity index is 2.37. The number of benzene rings is 2. The summed E-state index contributed by atoms with van der Waals surface area (Å²) in [5, 5.41) is 13.3. The van der Waals surface area contributed by atoms with Gasteiger partial charge in [0.05, 0.1) is 9.82 Å². The second-order valence-electron chi connectivity index (χ2n) is 7.21. The van der Waals surface area contributed by atoms with Crippen LogP contribution in [0.4, 0.5) is 15.8 Å². The Morgan fingerprint density at radius 2 is 1.79 bits per heavy atom. The zero-order valence-electron chi connectivity index (χ0n) is 15.7. The van der Waals surface area contributed by atoms with Crippen LogP contribution in [-0.2, 0) is 10.0 Å². The van der Waals surface area contributed by atoms with Gasteiger partial charge in [-0.3, -0.25) is 14.9 Å². The average Bonchev–Trinajstić information content (AvgIpc) is 2.54. The summed E-state index contributed by atoms with van der Waals surface area (Å²) >= 11 is 0. The Labute approximate surface area is 162 Å². The summed E-state index contributed by atoms with van der Waals surface area (Å²) in [6.45, 7) is 6.69. The van der Waals surface area contributed by atoms with Crippen LogP contribution in [-0.4, -0.2) is 24.8 Å². The van der Waals surface area contributed by atoms with Crippen molar-refractivity contribution in [1.29, 1.82) is 0 Å². The van der Waals surface area contributed by atoms with Crippen molar-refractivity contribution < 1.29 is 22.5 Å². The smallest absolute Gasteiger partial charge is 0.306 e. The maximum Gasteiger partial charge on any atom is 0.306 e. The molecule has 0 heterocycles. The first-order valence-electron chi connectivity index (χ1n) is 8.20. The van der Waals surface area contributed by atoms with Crippen molar-refractivity contribution in [2.45, 2.75) is 38.1 Å². The van der Waals surface area contributed by atoms with Crippen LogP contribution in [0.1, 0.15) is 36.7 Å². The van der Waals surface area contributed by atoms with E-state index in [0.29, 0.717) is 5.56 Å². The Kier molecular flexibility index (Phi) is 5.86. The van der Waals surface area contributed by atoms with Gasteiger partial charge in [0.15, 0.2) is 0 Å². The highest BCUT2D eigenvalue weighted by molar-refractivity contribution is 7.89. The second-order valence-corrected chi connectivity index (χ2v) is 8.89. The van der Waals surface area contributed by atoms with Crippen molar-refractivity contribution >= 4 is 27.3 Å². The number of rotatable bonds is 5. The molecule has 0 aliphatic carbocycles. The number of halogens is 1. The van der Waals surface area contributed by atoms with Gasteiger partial charge in [0.25, 0.3) is 5.91 Å². The fraction of sp³-hybridized carbons (Fsp3) is 0.278.